The Balaban J connectivity index is 1.66. The van der Waals surface area contributed by atoms with Crippen LogP contribution >= 0.6 is 0 Å². The van der Waals surface area contributed by atoms with Gasteiger partial charge in [0.25, 0.3) is 5.91 Å². The van der Waals surface area contributed by atoms with Crippen LogP contribution < -0.4 is 10.5 Å². The molecule has 4 nitrogen and oxygen atoms in total. The third kappa shape index (κ3) is 2.40. The molecule has 2 heterocycles. The summed E-state index contributed by atoms with van der Waals surface area (Å²) in [7, 11) is 0. The standard InChI is InChI=1S/C16H22N2O2/c1-2-11-10-18(8-7-13(11)17)16(19)15-9-12-5-3-4-6-14(12)20-15/h3-6,11,13,15H,2,7-10,17H2,1H3. The number of hydrogen-bond donors (Lipinski definition) is 1. The van der Waals surface area contributed by atoms with Gasteiger partial charge < -0.3 is 15.4 Å². The fourth-order valence-corrected chi connectivity index (χ4v) is 3.21. The highest BCUT2D eigenvalue weighted by Gasteiger charge is 2.35. The van der Waals surface area contributed by atoms with E-state index in [0.29, 0.717) is 12.3 Å². The molecule has 1 saturated heterocycles. The van der Waals surface area contributed by atoms with Crippen molar-refractivity contribution in [3.05, 3.63) is 29.8 Å². The molecule has 3 unspecified atom stereocenters. The van der Waals surface area contributed by atoms with Gasteiger partial charge in [-0.2, -0.15) is 0 Å². The Kier molecular flexibility index (Phi) is 3.66. The average molecular weight is 274 g/mol. The normalized spacial score (nSPS) is 28.9. The third-order valence-electron chi connectivity index (χ3n) is 4.55. The first-order chi connectivity index (χ1) is 9.69. The maximum atomic E-state index is 12.6. The monoisotopic (exact) mass is 274 g/mol. The first kappa shape index (κ1) is 13.4. The highest BCUT2D eigenvalue weighted by atomic mass is 16.5. The molecule has 1 aromatic carbocycles. The van der Waals surface area contributed by atoms with Crippen molar-refractivity contribution in [1.82, 2.24) is 4.90 Å². The average Bonchev–Trinajstić information content (AvgIpc) is 2.91. The van der Waals surface area contributed by atoms with Crippen molar-refractivity contribution in [3.63, 3.8) is 0 Å². The van der Waals surface area contributed by atoms with Gasteiger partial charge in [-0.15, -0.1) is 0 Å². The Morgan fingerprint density at radius 2 is 2.25 bits per heavy atom. The Bertz CT molecular complexity index is 478. The minimum Gasteiger partial charge on any atom is -0.480 e. The van der Waals surface area contributed by atoms with Crippen LogP contribution in [0.5, 0.6) is 5.75 Å². The summed E-state index contributed by atoms with van der Waals surface area (Å²) in [5.74, 6) is 1.38. The number of amides is 1. The predicted molar refractivity (Wildman–Crippen MR) is 77.5 cm³/mol. The third-order valence-corrected chi connectivity index (χ3v) is 4.55. The summed E-state index contributed by atoms with van der Waals surface area (Å²) < 4.78 is 5.80. The van der Waals surface area contributed by atoms with E-state index in [2.05, 4.69) is 6.92 Å². The fourth-order valence-electron chi connectivity index (χ4n) is 3.21. The lowest BCUT2D eigenvalue weighted by atomic mass is 9.90. The molecule has 0 saturated carbocycles. The van der Waals surface area contributed by atoms with Gasteiger partial charge in [-0.05, 0) is 24.0 Å². The minimum absolute atomic E-state index is 0.117. The van der Waals surface area contributed by atoms with Gasteiger partial charge in [0.2, 0.25) is 0 Å². The van der Waals surface area contributed by atoms with E-state index in [0.717, 1.165) is 37.2 Å². The van der Waals surface area contributed by atoms with Crippen LogP contribution in [0.3, 0.4) is 0 Å². The van der Waals surface area contributed by atoms with E-state index < -0.39 is 0 Å². The lowest BCUT2D eigenvalue weighted by Crippen LogP contribution is -2.52. The molecular weight excluding hydrogens is 252 g/mol. The van der Waals surface area contributed by atoms with Crippen LogP contribution in [0.1, 0.15) is 25.3 Å². The second kappa shape index (κ2) is 5.44. The lowest BCUT2D eigenvalue weighted by Gasteiger charge is -2.37. The molecule has 2 aliphatic heterocycles. The summed E-state index contributed by atoms with van der Waals surface area (Å²) in [5.41, 5.74) is 7.24. The second-order valence-electron chi connectivity index (χ2n) is 5.82. The molecule has 2 aliphatic rings. The maximum Gasteiger partial charge on any atom is 0.264 e. The van der Waals surface area contributed by atoms with Crippen LogP contribution in [0, 0.1) is 5.92 Å². The van der Waals surface area contributed by atoms with Crippen LogP contribution in [-0.4, -0.2) is 36.0 Å². The summed E-state index contributed by atoms with van der Waals surface area (Å²) in [6, 6.07) is 8.12. The van der Waals surface area contributed by atoms with Gasteiger partial charge in [-0.3, -0.25) is 4.79 Å². The first-order valence-electron chi connectivity index (χ1n) is 7.48. The molecule has 0 spiro atoms. The zero-order valence-electron chi connectivity index (χ0n) is 11.9. The van der Waals surface area contributed by atoms with Crippen molar-refractivity contribution < 1.29 is 9.53 Å². The van der Waals surface area contributed by atoms with Crippen LogP contribution in [-0.2, 0) is 11.2 Å². The van der Waals surface area contributed by atoms with Crippen molar-refractivity contribution in [2.45, 2.75) is 38.3 Å². The zero-order chi connectivity index (χ0) is 14.1. The predicted octanol–water partition coefficient (Wildman–Crippen LogP) is 1.58. The fraction of sp³-hybridized carbons (Fsp3) is 0.562. The van der Waals surface area contributed by atoms with Crippen molar-refractivity contribution in [3.8, 4) is 5.75 Å². The highest BCUT2D eigenvalue weighted by Crippen LogP contribution is 2.30. The number of nitrogens with two attached hydrogens (primary N) is 1. The Morgan fingerprint density at radius 3 is 3.00 bits per heavy atom. The molecule has 1 aromatic rings. The molecule has 20 heavy (non-hydrogen) atoms. The van der Waals surface area contributed by atoms with Crippen molar-refractivity contribution in [1.29, 1.82) is 0 Å². The van der Waals surface area contributed by atoms with Crippen LogP contribution in [0.15, 0.2) is 24.3 Å². The van der Waals surface area contributed by atoms with Gasteiger partial charge in [0.1, 0.15) is 5.75 Å². The number of carbonyl (C=O) groups is 1. The molecule has 1 amide bonds. The van der Waals surface area contributed by atoms with Gasteiger partial charge in [0, 0.05) is 25.6 Å². The number of rotatable bonds is 2. The zero-order valence-corrected chi connectivity index (χ0v) is 11.9. The molecule has 0 radical (unpaired) electrons. The van der Waals surface area contributed by atoms with Crippen LogP contribution in [0.4, 0.5) is 0 Å². The molecule has 3 rings (SSSR count). The molecular formula is C16H22N2O2. The van der Waals surface area contributed by atoms with Crippen molar-refractivity contribution in [2.75, 3.05) is 13.1 Å². The first-order valence-corrected chi connectivity index (χ1v) is 7.48. The molecule has 4 heteroatoms. The van der Waals surface area contributed by atoms with Gasteiger partial charge in [0.15, 0.2) is 6.10 Å². The maximum absolute atomic E-state index is 12.6. The quantitative estimate of drug-likeness (QED) is 0.890. The van der Waals surface area contributed by atoms with E-state index in [1.807, 2.05) is 29.2 Å². The number of fused-ring (bicyclic) bond motifs is 1. The molecule has 108 valence electrons. The molecule has 0 aromatic heterocycles. The molecule has 1 fully saturated rings. The SMILES string of the molecule is CCC1CN(C(=O)C2Cc3ccccc3O2)CCC1N. The van der Waals surface area contributed by atoms with E-state index in [-0.39, 0.29) is 18.1 Å². The number of likely N-dealkylation sites (tertiary alicyclic amines) is 1. The number of carbonyl (C=O) groups excluding carboxylic acids is 1. The lowest BCUT2D eigenvalue weighted by molar-refractivity contribution is -0.140. The summed E-state index contributed by atoms with van der Waals surface area (Å²) >= 11 is 0. The van der Waals surface area contributed by atoms with Gasteiger partial charge >= 0.3 is 0 Å². The second-order valence-corrected chi connectivity index (χ2v) is 5.82. The molecule has 2 N–H and O–H groups in total. The van der Waals surface area contributed by atoms with E-state index >= 15 is 0 Å². The van der Waals surface area contributed by atoms with E-state index in [4.69, 9.17) is 10.5 Å². The largest absolute Gasteiger partial charge is 0.480 e. The summed E-state index contributed by atoms with van der Waals surface area (Å²) in [4.78, 5) is 14.5. The highest BCUT2D eigenvalue weighted by molar-refractivity contribution is 5.82. The number of nitrogens with zero attached hydrogens (tertiary/aromatic N) is 1. The van der Waals surface area contributed by atoms with Gasteiger partial charge in [-0.1, -0.05) is 31.5 Å². The number of hydrogen-bond acceptors (Lipinski definition) is 3. The molecule has 0 aliphatic carbocycles. The van der Waals surface area contributed by atoms with Crippen LogP contribution in [0.25, 0.3) is 0 Å². The van der Waals surface area contributed by atoms with E-state index in [1.165, 1.54) is 0 Å². The molecule has 3 atom stereocenters. The number of para-hydroxylation sites is 1. The Labute approximate surface area is 119 Å². The summed E-state index contributed by atoms with van der Waals surface area (Å²) in [5, 5.41) is 0. The van der Waals surface area contributed by atoms with Gasteiger partial charge in [-0.25, -0.2) is 0 Å². The molecule has 0 bridgehead atoms. The number of piperidine rings is 1. The summed E-state index contributed by atoms with van der Waals surface area (Å²) in [6.45, 7) is 3.67. The van der Waals surface area contributed by atoms with Gasteiger partial charge in [0.05, 0.1) is 0 Å². The van der Waals surface area contributed by atoms with Crippen LogP contribution in [0.2, 0.25) is 0 Å². The smallest absolute Gasteiger partial charge is 0.264 e. The topological polar surface area (TPSA) is 55.6 Å². The number of benzene rings is 1. The van der Waals surface area contributed by atoms with E-state index in [9.17, 15) is 4.79 Å². The van der Waals surface area contributed by atoms with Crippen molar-refractivity contribution in [2.24, 2.45) is 11.7 Å². The Hall–Kier alpha value is -1.55. The summed E-state index contributed by atoms with van der Waals surface area (Å²) in [6.07, 6.45) is 2.26. The Morgan fingerprint density at radius 1 is 1.45 bits per heavy atom. The van der Waals surface area contributed by atoms with Crippen molar-refractivity contribution >= 4 is 5.91 Å². The number of ether oxygens (including phenoxy) is 1. The minimum atomic E-state index is -0.348. The van der Waals surface area contributed by atoms with E-state index in [1.54, 1.807) is 0 Å².